The van der Waals surface area contributed by atoms with E-state index in [2.05, 4.69) is 10.2 Å². The van der Waals surface area contributed by atoms with Gasteiger partial charge in [0, 0.05) is 12.5 Å². The van der Waals surface area contributed by atoms with Gasteiger partial charge in [-0.05, 0) is 30.5 Å². The minimum atomic E-state index is -0.259. The minimum Gasteiger partial charge on any atom is -0.496 e. The third kappa shape index (κ3) is 3.35. The third-order valence-electron chi connectivity index (χ3n) is 3.20. The van der Waals surface area contributed by atoms with Gasteiger partial charge in [-0.3, -0.25) is 9.59 Å². The predicted octanol–water partition coefficient (Wildman–Crippen LogP) is 1.82. The number of carbonyl (C=O) groups is 2. The number of ether oxygens (including phenoxy) is 1. The Bertz CT molecular complexity index is 571. The molecule has 1 saturated carbocycles. The second kappa shape index (κ2) is 6.20. The number of carbonyl (C=O) groups excluding carboxylic acids is 2. The molecule has 0 saturated heterocycles. The number of rotatable bonds is 6. The number of methoxy groups -OCH3 is 1. The number of hydrogen-bond donors (Lipinski definition) is 1. The van der Waals surface area contributed by atoms with E-state index in [1.165, 1.54) is 7.11 Å². The first kappa shape index (κ1) is 14.1. The standard InChI is InChI=1S/C15H16N2O3/c1-16-9-13(18)12-6-3-10(7-14(12)20-2)8-17-15(19)11-4-5-11/h3,6-7,11H,4-5,8-9H2,2H3,(H,17,19). The summed E-state index contributed by atoms with van der Waals surface area (Å²) in [5, 5.41) is 2.86. The molecule has 0 aromatic heterocycles. The molecule has 1 aromatic rings. The van der Waals surface area contributed by atoms with Crippen LogP contribution in [0.1, 0.15) is 28.8 Å². The number of amides is 1. The maximum Gasteiger partial charge on any atom is 0.276 e. The molecule has 0 aliphatic heterocycles. The van der Waals surface area contributed by atoms with Crippen molar-refractivity contribution in [1.82, 2.24) is 5.32 Å². The van der Waals surface area contributed by atoms with Gasteiger partial charge >= 0.3 is 0 Å². The number of hydrogen-bond acceptors (Lipinski definition) is 3. The molecule has 104 valence electrons. The van der Waals surface area contributed by atoms with Gasteiger partial charge in [-0.25, -0.2) is 6.57 Å². The normalized spacial score (nSPS) is 13.4. The lowest BCUT2D eigenvalue weighted by atomic mass is 10.1. The van der Waals surface area contributed by atoms with Crippen molar-refractivity contribution in [2.75, 3.05) is 13.7 Å². The van der Waals surface area contributed by atoms with Crippen LogP contribution in [-0.2, 0) is 11.3 Å². The first-order chi connectivity index (χ1) is 9.65. The summed E-state index contributed by atoms with van der Waals surface area (Å²) >= 11 is 0. The maximum atomic E-state index is 11.7. The quantitative estimate of drug-likeness (QED) is 0.635. The van der Waals surface area contributed by atoms with Crippen LogP contribution >= 0.6 is 0 Å². The van der Waals surface area contributed by atoms with Crippen molar-refractivity contribution in [1.29, 1.82) is 0 Å². The van der Waals surface area contributed by atoms with Crippen LogP contribution in [0, 0.1) is 12.5 Å². The monoisotopic (exact) mass is 272 g/mol. The van der Waals surface area contributed by atoms with Crippen LogP contribution in [0.4, 0.5) is 0 Å². The number of benzene rings is 1. The van der Waals surface area contributed by atoms with Crippen LogP contribution in [0.5, 0.6) is 5.75 Å². The molecule has 1 N–H and O–H groups in total. The van der Waals surface area contributed by atoms with E-state index in [0.717, 1.165) is 18.4 Å². The number of ketones is 1. The smallest absolute Gasteiger partial charge is 0.276 e. The SMILES string of the molecule is [C-]#[N+]CC(=O)c1ccc(CNC(=O)C2CC2)cc1OC. The van der Waals surface area contributed by atoms with Gasteiger partial charge in [0.25, 0.3) is 6.54 Å². The molecule has 0 bridgehead atoms. The molecule has 0 atom stereocenters. The summed E-state index contributed by atoms with van der Waals surface area (Å²) in [6.45, 7) is 6.96. The van der Waals surface area contributed by atoms with E-state index >= 15 is 0 Å². The highest BCUT2D eigenvalue weighted by Gasteiger charge is 2.29. The predicted molar refractivity (Wildman–Crippen MR) is 73.4 cm³/mol. The topological polar surface area (TPSA) is 59.8 Å². The molecule has 1 aromatic carbocycles. The Hall–Kier alpha value is -2.35. The molecule has 1 fully saturated rings. The van der Waals surface area contributed by atoms with Crippen molar-refractivity contribution < 1.29 is 14.3 Å². The Kier molecular flexibility index (Phi) is 4.36. The molecule has 1 aliphatic rings. The summed E-state index contributed by atoms with van der Waals surface area (Å²) in [6, 6.07) is 5.14. The zero-order valence-corrected chi connectivity index (χ0v) is 11.3. The van der Waals surface area contributed by atoms with E-state index in [0.29, 0.717) is 17.9 Å². The molecule has 1 aliphatic carbocycles. The van der Waals surface area contributed by atoms with E-state index in [9.17, 15) is 9.59 Å². The van der Waals surface area contributed by atoms with Crippen LogP contribution < -0.4 is 10.1 Å². The van der Waals surface area contributed by atoms with Gasteiger partial charge in [-0.15, -0.1) is 0 Å². The number of Topliss-reactive ketones (excluding diaryl/α,β-unsaturated/α-hetero) is 1. The third-order valence-corrected chi connectivity index (χ3v) is 3.20. The Morgan fingerprint density at radius 1 is 1.45 bits per heavy atom. The van der Waals surface area contributed by atoms with Crippen LogP contribution in [-0.4, -0.2) is 25.3 Å². The summed E-state index contributed by atoms with van der Waals surface area (Å²) in [5.41, 5.74) is 1.27. The minimum absolute atomic E-state index is 0.0807. The molecule has 2 rings (SSSR count). The first-order valence-electron chi connectivity index (χ1n) is 6.46. The van der Waals surface area contributed by atoms with Crippen LogP contribution in [0.25, 0.3) is 4.85 Å². The average Bonchev–Trinajstić information content (AvgIpc) is 3.29. The fourth-order valence-electron chi connectivity index (χ4n) is 1.91. The van der Waals surface area contributed by atoms with Crippen LogP contribution in [0.2, 0.25) is 0 Å². The van der Waals surface area contributed by atoms with Gasteiger partial charge < -0.3 is 14.9 Å². The highest BCUT2D eigenvalue weighted by atomic mass is 16.5. The Labute approximate surface area is 117 Å². The molecular weight excluding hydrogens is 256 g/mol. The van der Waals surface area contributed by atoms with Crippen molar-refractivity contribution in [3.8, 4) is 5.75 Å². The molecule has 20 heavy (non-hydrogen) atoms. The molecule has 0 radical (unpaired) electrons. The lowest BCUT2D eigenvalue weighted by molar-refractivity contribution is -0.122. The lowest BCUT2D eigenvalue weighted by Crippen LogP contribution is -2.24. The van der Waals surface area contributed by atoms with Crippen molar-refractivity contribution in [3.63, 3.8) is 0 Å². The van der Waals surface area contributed by atoms with Gasteiger partial charge in [0.05, 0.1) is 12.7 Å². The van der Waals surface area contributed by atoms with Crippen molar-refractivity contribution in [3.05, 3.63) is 40.7 Å². The van der Waals surface area contributed by atoms with Crippen molar-refractivity contribution in [2.45, 2.75) is 19.4 Å². The highest BCUT2D eigenvalue weighted by molar-refractivity contribution is 6.01. The van der Waals surface area contributed by atoms with Crippen LogP contribution in [0.15, 0.2) is 18.2 Å². The fraction of sp³-hybridized carbons (Fsp3) is 0.400. The first-order valence-corrected chi connectivity index (χ1v) is 6.46. The molecule has 1 amide bonds. The van der Waals surface area contributed by atoms with E-state index in [-0.39, 0.29) is 24.2 Å². The number of nitrogens with one attached hydrogen (secondary N) is 1. The van der Waals surface area contributed by atoms with E-state index in [1.807, 2.05) is 0 Å². The van der Waals surface area contributed by atoms with Crippen molar-refractivity contribution in [2.24, 2.45) is 5.92 Å². The van der Waals surface area contributed by atoms with Gasteiger partial charge in [-0.1, -0.05) is 6.07 Å². The summed E-state index contributed by atoms with van der Waals surface area (Å²) in [4.78, 5) is 26.4. The Morgan fingerprint density at radius 2 is 2.20 bits per heavy atom. The van der Waals surface area contributed by atoms with Gasteiger partial charge in [0.15, 0.2) is 0 Å². The second-order valence-corrected chi connectivity index (χ2v) is 4.77. The average molecular weight is 272 g/mol. The number of nitrogens with zero attached hydrogens (tertiary/aromatic N) is 1. The molecule has 5 heteroatoms. The second-order valence-electron chi connectivity index (χ2n) is 4.77. The zero-order chi connectivity index (χ0) is 14.5. The van der Waals surface area contributed by atoms with E-state index in [4.69, 9.17) is 11.3 Å². The molecular formula is C15H16N2O3. The lowest BCUT2D eigenvalue weighted by Gasteiger charge is -2.09. The largest absolute Gasteiger partial charge is 0.496 e. The van der Waals surface area contributed by atoms with E-state index in [1.54, 1.807) is 18.2 Å². The summed E-state index contributed by atoms with van der Waals surface area (Å²) in [5.74, 6) is 0.441. The van der Waals surface area contributed by atoms with Gasteiger partial charge in [-0.2, -0.15) is 0 Å². The summed E-state index contributed by atoms with van der Waals surface area (Å²) in [7, 11) is 1.48. The molecule has 5 nitrogen and oxygen atoms in total. The molecule has 0 unspecified atom stereocenters. The van der Waals surface area contributed by atoms with Gasteiger partial charge in [0.1, 0.15) is 5.75 Å². The summed E-state index contributed by atoms with van der Waals surface area (Å²) < 4.78 is 5.18. The highest BCUT2D eigenvalue weighted by Crippen LogP contribution is 2.29. The maximum absolute atomic E-state index is 11.7. The summed E-state index contributed by atoms with van der Waals surface area (Å²) in [6.07, 6.45) is 1.94. The fourth-order valence-corrected chi connectivity index (χ4v) is 1.91. The Morgan fingerprint density at radius 3 is 2.80 bits per heavy atom. The Balaban J connectivity index is 2.06. The van der Waals surface area contributed by atoms with Crippen molar-refractivity contribution >= 4 is 11.7 Å². The van der Waals surface area contributed by atoms with Gasteiger partial charge in [0.2, 0.25) is 11.7 Å². The van der Waals surface area contributed by atoms with Crippen LogP contribution in [0.3, 0.4) is 0 Å². The molecule has 0 spiro atoms. The molecule has 0 heterocycles. The zero-order valence-electron chi connectivity index (χ0n) is 11.3. The van der Waals surface area contributed by atoms with E-state index < -0.39 is 0 Å².